The van der Waals surface area contributed by atoms with Crippen LogP contribution in [0.3, 0.4) is 0 Å². The number of amides is 3. The zero-order chi connectivity index (χ0) is 21.6. The molecule has 164 valence electrons. The molecule has 0 radical (unpaired) electrons. The van der Waals surface area contributed by atoms with Gasteiger partial charge in [0.05, 0.1) is 18.8 Å². The number of nitrogens with zero attached hydrogens (tertiary/aromatic N) is 3. The van der Waals surface area contributed by atoms with Crippen LogP contribution >= 0.6 is 0 Å². The maximum Gasteiger partial charge on any atom is 0.317 e. The summed E-state index contributed by atoms with van der Waals surface area (Å²) in [6.07, 6.45) is 0. The number of benzene rings is 2. The first-order valence-electron chi connectivity index (χ1n) is 10.6. The van der Waals surface area contributed by atoms with Crippen molar-refractivity contribution in [2.45, 2.75) is 6.54 Å². The summed E-state index contributed by atoms with van der Waals surface area (Å²) in [6.45, 7) is 5.10. The molecular formula is C23H27FN4O3. The number of hydrogen-bond donors (Lipinski definition) is 1. The molecule has 2 aliphatic heterocycles. The molecule has 7 nitrogen and oxygen atoms in total. The van der Waals surface area contributed by atoms with Crippen molar-refractivity contribution in [2.75, 3.05) is 57.4 Å². The smallest absolute Gasteiger partial charge is 0.317 e. The van der Waals surface area contributed by atoms with Crippen LogP contribution in [0.25, 0.3) is 0 Å². The van der Waals surface area contributed by atoms with E-state index < -0.39 is 5.82 Å². The molecule has 2 heterocycles. The molecule has 3 amide bonds. The predicted molar refractivity (Wildman–Crippen MR) is 116 cm³/mol. The van der Waals surface area contributed by atoms with Gasteiger partial charge in [-0.3, -0.25) is 4.79 Å². The van der Waals surface area contributed by atoms with Gasteiger partial charge in [0.2, 0.25) is 0 Å². The van der Waals surface area contributed by atoms with Crippen molar-refractivity contribution in [2.24, 2.45) is 0 Å². The summed E-state index contributed by atoms with van der Waals surface area (Å²) in [6, 6.07) is 13.9. The third kappa shape index (κ3) is 4.96. The lowest BCUT2D eigenvalue weighted by Gasteiger charge is -2.35. The topological polar surface area (TPSA) is 65.1 Å². The Morgan fingerprint density at radius 3 is 2.26 bits per heavy atom. The SMILES string of the molecule is O=C(NCc1ccccc1N1CCOCC1)N1CCN(C(=O)c2ccccc2F)CC1. The van der Waals surface area contributed by atoms with Crippen molar-refractivity contribution in [1.29, 1.82) is 0 Å². The van der Waals surface area contributed by atoms with Crippen LogP contribution in [0.4, 0.5) is 14.9 Å². The maximum atomic E-state index is 13.9. The van der Waals surface area contributed by atoms with Crippen molar-refractivity contribution in [3.8, 4) is 0 Å². The van der Waals surface area contributed by atoms with Crippen LogP contribution in [0.1, 0.15) is 15.9 Å². The van der Waals surface area contributed by atoms with Gasteiger partial charge >= 0.3 is 6.03 Å². The summed E-state index contributed by atoms with van der Waals surface area (Å²) in [7, 11) is 0. The highest BCUT2D eigenvalue weighted by atomic mass is 19.1. The minimum atomic E-state index is -0.522. The van der Waals surface area contributed by atoms with E-state index in [1.807, 2.05) is 18.2 Å². The Kier molecular flexibility index (Phi) is 6.66. The van der Waals surface area contributed by atoms with Crippen molar-refractivity contribution >= 4 is 17.6 Å². The first-order chi connectivity index (χ1) is 15.1. The van der Waals surface area contributed by atoms with Gasteiger partial charge in [-0.15, -0.1) is 0 Å². The van der Waals surface area contributed by atoms with Crippen LogP contribution in [0.15, 0.2) is 48.5 Å². The van der Waals surface area contributed by atoms with E-state index in [-0.39, 0.29) is 17.5 Å². The number of nitrogens with one attached hydrogen (secondary N) is 1. The molecule has 4 rings (SSSR count). The fraction of sp³-hybridized carbons (Fsp3) is 0.391. The molecule has 2 saturated heterocycles. The summed E-state index contributed by atoms with van der Waals surface area (Å²) in [4.78, 5) is 30.8. The Morgan fingerprint density at radius 1 is 0.871 bits per heavy atom. The second kappa shape index (κ2) is 9.78. The lowest BCUT2D eigenvalue weighted by Crippen LogP contribution is -2.53. The number of rotatable bonds is 4. The first kappa shape index (κ1) is 21.1. The quantitative estimate of drug-likeness (QED) is 0.815. The van der Waals surface area contributed by atoms with E-state index in [4.69, 9.17) is 4.74 Å². The summed E-state index contributed by atoms with van der Waals surface area (Å²) in [5, 5.41) is 3.00. The van der Waals surface area contributed by atoms with Crippen LogP contribution in [0.2, 0.25) is 0 Å². The fourth-order valence-electron chi connectivity index (χ4n) is 3.97. The Morgan fingerprint density at radius 2 is 1.52 bits per heavy atom. The fourth-order valence-corrected chi connectivity index (χ4v) is 3.97. The summed E-state index contributed by atoms with van der Waals surface area (Å²) in [5.74, 6) is -0.857. The second-order valence-corrected chi connectivity index (χ2v) is 7.65. The third-order valence-corrected chi connectivity index (χ3v) is 5.73. The lowest BCUT2D eigenvalue weighted by atomic mass is 10.1. The van der Waals surface area contributed by atoms with Crippen LogP contribution in [-0.2, 0) is 11.3 Å². The zero-order valence-electron chi connectivity index (χ0n) is 17.4. The van der Waals surface area contributed by atoms with Gasteiger partial charge in [-0.2, -0.15) is 0 Å². The number of hydrogen-bond acceptors (Lipinski definition) is 4. The van der Waals surface area contributed by atoms with Gasteiger partial charge < -0.3 is 24.8 Å². The number of carbonyl (C=O) groups is 2. The number of anilines is 1. The van der Waals surface area contributed by atoms with Gasteiger partial charge in [-0.05, 0) is 23.8 Å². The highest BCUT2D eigenvalue weighted by molar-refractivity contribution is 5.94. The average molecular weight is 426 g/mol. The van der Waals surface area contributed by atoms with E-state index in [1.54, 1.807) is 21.9 Å². The number of carbonyl (C=O) groups excluding carboxylic acids is 2. The molecule has 2 aliphatic rings. The molecule has 1 N–H and O–H groups in total. The minimum absolute atomic E-state index is 0.0696. The van der Waals surface area contributed by atoms with Gasteiger partial charge in [-0.1, -0.05) is 30.3 Å². The van der Waals surface area contributed by atoms with Gasteiger partial charge in [0.25, 0.3) is 5.91 Å². The Bertz CT molecular complexity index is 925. The highest BCUT2D eigenvalue weighted by Gasteiger charge is 2.26. The number of ether oxygens (including phenoxy) is 1. The summed E-state index contributed by atoms with van der Waals surface area (Å²) < 4.78 is 19.3. The summed E-state index contributed by atoms with van der Waals surface area (Å²) >= 11 is 0. The molecule has 8 heteroatoms. The van der Waals surface area contributed by atoms with Crippen LogP contribution in [0.5, 0.6) is 0 Å². The van der Waals surface area contributed by atoms with Gasteiger partial charge in [0.1, 0.15) is 5.82 Å². The van der Waals surface area contributed by atoms with E-state index in [1.165, 1.54) is 12.1 Å². The van der Waals surface area contributed by atoms with Crippen LogP contribution < -0.4 is 10.2 Å². The van der Waals surface area contributed by atoms with E-state index in [0.29, 0.717) is 45.9 Å². The summed E-state index contributed by atoms with van der Waals surface area (Å²) in [5.41, 5.74) is 2.25. The normalized spacial score (nSPS) is 16.9. The standard InChI is InChI=1S/C23H27FN4O3/c24-20-7-3-2-6-19(20)22(29)27-9-11-28(12-10-27)23(30)25-17-18-5-1-4-8-21(18)26-13-15-31-16-14-26/h1-8H,9-17H2,(H,25,30). The molecule has 2 aromatic carbocycles. The predicted octanol–water partition coefficient (Wildman–Crippen LogP) is 2.33. The van der Waals surface area contributed by atoms with Crippen LogP contribution in [-0.4, -0.2) is 74.2 Å². The van der Waals surface area contributed by atoms with Gasteiger partial charge in [-0.25, -0.2) is 9.18 Å². The maximum absolute atomic E-state index is 13.9. The van der Waals surface area contributed by atoms with Gasteiger partial charge in [0, 0.05) is 51.5 Å². The van der Waals surface area contributed by atoms with Crippen molar-refractivity contribution < 1.29 is 18.7 Å². The molecule has 0 unspecified atom stereocenters. The Hall–Kier alpha value is -3.13. The van der Waals surface area contributed by atoms with E-state index >= 15 is 0 Å². The van der Waals surface area contributed by atoms with Crippen molar-refractivity contribution in [3.63, 3.8) is 0 Å². The Balaban J connectivity index is 1.30. The molecule has 0 saturated carbocycles. The molecule has 0 bridgehead atoms. The van der Waals surface area contributed by atoms with Crippen LogP contribution in [0, 0.1) is 5.82 Å². The zero-order valence-corrected chi connectivity index (χ0v) is 17.4. The minimum Gasteiger partial charge on any atom is -0.378 e. The van der Waals surface area contributed by atoms with E-state index in [2.05, 4.69) is 16.3 Å². The second-order valence-electron chi connectivity index (χ2n) is 7.65. The molecule has 0 aliphatic carbocycles. The van der Waals surface area contributed by atoms with Crippen molar-refractivity contribution in [3.05, 3.63) is 65.5 Å². The molecule has 0 atom stereocenters. The molecular weight excluding hydrogens is 399 g/mol. The van der Waals surface area contributed by atoms with Gasteiger partial charge in [0.15, 0.2) is 0 Å². The third-order valence-electron chi connectivity index (χ3n) is 5.73. The monoisotopic (exact) mass is 426 g/mol. The number of urea groups is 1. The highest BCUT2D eigenvalue weighted by Crippen LogP contribution is 2.21. The largest absolute Gasteiger partial charge is 0.378 e. The average Bonchev–Trinajstić information content (AvgIpc) is 2.83. The van der Waals surface area contributed by atoms with Crippen molar-refractivity contribution in [1.82, 2.24) is 15.1 Å². The van der Waals surface area contributed by atoms with E-state index in [9.17, 15) is 14.0 Å². The number of morpholine rings is 1. The molecule has 2 fully saturated rings. The van der Waals surface area contributed by atoms with E-state index in [0.717, 1.165) is 24.3 Å². The molecule has 31 heavy (non-hydrogen) atoms. The Labute approximate surface area is 181 Å². The number of piperazine rings is 1. The molecule has 2 aromatic rings. The number of halogens is 1. The number of para-hydroxylation sites is 1. The lowest BCUT2D eigenvalue weighted by molar-refractivity contribution is 0.0660. The molecule has 0 aromatic heterocycles. The first-order valence-corrected chi connectivity index (χ1v) is 10.6. The molecule has 0 spiro atoms.